The molecule has 1 atom stereocenters. The van der Waals surface area contributed by atoms with Crippen molar-refractivity contribution in [2.24, 2.45) is 0 Å². The van der Waals surface area contributed by atoms with E-state index in [1.807, 2.05) is 0 Å². The molecule has 234 valence electrons. The SMILES string of the molecule is COC(=O)CC(NC(=O)CCOCCOCCOCCOCCOCCOCCNC(=O)OC(C)(C)C)C(=O)O. The van der Waals surface area contributed by atoms with Gasteiger partial charge in [0, 0.05) is 13.0 Å². The van der Waals surface area contributed by atoms with E-state index in [9.17, 15) is 19.2 Å². The number of aliphatic carboxylic acids is 1. The Morgan fingerprint density at radius 1 is 0.700 bits per heavy atom. The molecule has 0 fully saturated rings. The van der Waals surface area contributed by atoms with Crippen LogP contribution in [0.5, 0.6) is 0 Å². The first kappa shape index (κ1) is 37.4. The Morgan fingerprint density at radius 3 is 1.52 bits per heavy atom. The Labute approximate surface area is 235 Å². The largest absolute Gasteiger partial charge is 0.480 e. The van der Waals surface area contributed by atoms with Gasteiger partial charge in [-0.3, -0.25) is 9.59 Å². The van der Waals surface area contributed by atoms with Crippen molar-refractivity contribution in [1.82, 2.24) is 10.6 Å². The molecule has 0 aliphatic carbocycles. The lowest BCUT2D eigenvalue weighted by Gasteiger charge is -2.19. The molecule has 0 aromatic heterocycles. The molecule has 15 heteroatoms. The quantitative estimate of drug-likeness (QED) is 0.0975. The minimum Gasteiger partial charge on any atom is -0.480 e. The van der Waals surface area contributed by atoms with Crippen LogP contribution in [0.2, 0.25) is 0 Å². The summed E-state index contributed by atoms with van der Waals surface area (Å²) in [6, 6.07) is -1.35. The Balaban J connectivity index is 3.37. The second-order valence-electron chi connectivity index (χ2n) is 9.09. The Morgan fingerprint density at radius 2 is 1.12 bits per heavy atom. The van der Waals surface area contributed by atoms with E-state index < -0.39 is 42.0 Å². The molecule has 3 N–H and O–H groups in total. The first-order valence-corrected chi connectivity index (χ1v) is 13.1. The van der Waals surface area contributed by atoms with E-state index in [4.69, 9.17) is 38.3 Å². The molecule has 0 aliphatic heterocycles. The summed E-state index contributed by atoms with van der Waals surface area (Å²) in [7, 11) is 1.14. The molecule has 2 amide bonds. The summed E-state index contributed by atoms with van der Waals surface area (Å²) < 4.78 is 41.7. The van der Waals surface area contributed by atoms with Crippen LogP contribution in [0.4, 0.5) is 4.79 Å². The maximum atomic E-state index is 11.8. The van der Waals surface area contributed by atoms with Crippen molar-refractivity contribution in [3.05, 3.63) is 0 Å². The predicted molar refractivity (Wildman–Crippen MR) is 140 cm³/mol. The van der Waals surface area contributed by atoms with Crippen LogP contribution in [0, 0.1) is 0 Å². The first-order valence-electron chi connectivity index (χ1n) is 13.1. The van der Waals surface area contributed by atoms with Crippen molar-refractivity contribution in [2.75, 3.05) is 92.9 Å². The number of esters is 1. The van der Waals surface area contributed by atoms with Gasteiger partial charge in [0.15, 0.2) is 0 Å². The molecule has 0 rings (SSSR count). The van der Waals surface area contributed by atoms with Crippen LogP contribution in [-0.2, 0) is 52.3 Å². The summed E-state index contributed by atoms with van der Waals surface area (Å²) >= 11 is 0. The van der Waals surface area contributed by atoms with E-state index in [1.165, 1.54) is 0 Å². The second-order valence-corrected chi connectivity index (χ2v) is 9.09. The summed E-state index contributed by atoms with van der Waals surface area (Å²) in [6.45, 7) is 10.0. The van der Waals surface area contributed by atoms with Crippen molar-refractivity contribution in [3.63, 3.8) is 0 Å². The zero-order valence-corrected chi connectivity index (χ0v) is 24.0. The molecule has 0 radical (unpaired) electrons. The van der Waals surface area contributed by atoms with Gasteiger partial charge in [0.2, 0.25) is 5.91 Å². The summed E-state index contributed by atoms with van der Waals surface area (Å²) in [5, 5.41) is 13.9. The number of ether oxygens (including phenoxy) is 8. The molecule has 0 saturated carbocycles. The van der Waals surface area contributed by atoms with Gasteiger partial charge in [-0.1, -0.05) is 0 Å². The molecule has 0 aliphatic rings. The van der Waals surface area contributed by atoms with Gasteiger partial charge in [-0.25, -0.2) is 9.59 Å². The fourth-order valence-corrected chi connectivity index (χ4v) is 2.62. The topological polar surface area (TPSA) is 186 Å². The molecule has 0 spiro atoms. The number of carbonyl (C=O) groups excluding carboxylic acids is 3. The molecule has 0 saturated heterocycles. The van der Waals surface area contributed by atoms with Gasteiger partial charge in [-0.15, -0.1) is 0 Å². The van der Waals surface area contributed by atoms with Gasteiger partial charge in [-0.2, -0.15) is 0 Å². The fourth-order valence-electron chi connectivity index (χ4n) is 2.62. The van der Waals surface area contributed by atoms with E-state index in [0.717, 1.165) is 7.11 Å². The highest BCUT2D eigenvalue weighted by molar-refractivity contribution is 5.87. The molecule has 40 heavy (non-hydrogen) atoms. The number of hydrogen-bond acceptors (Lipinski definition) is 12. The van der Waals surface area contributed by atoms with E-state index in [2.05, 4.69) is 15.4 Å². The standard InChI is InChI=1S/C25H46N2O13/c1-25(2,3)40-24(32)26-6-8-35-10-12-37-14-16-39-18-17-38-15-13-36-11-9-34-7-5-21(28)27-20(23(30)31)19-22(29)33-4/h20H,5-19H2,1-4H3,(H,26,32)(H,27,28)(H,30,31). The third-order valence-electron chi connectivity index (χ3n) is 4.48. The monoisotopic (exact) mass is 582 g/mol. The normalized spacial score (nSPS) is 12.0. The second kappa shape index (κ2) is 24.3. The number of carbonyl (C=O) groups is 4. The van der Waals surface area contributed by atoms with Crippen LogP contribution in [-0.4, -0.2) is 134 Å². The maximum absolute atomic E-state index is 11.8. The van der Waals surface area contributed by atoms with Crippen LogP contribution in [0.15, 0.2) is 0 Å². The van der Waals surface area contributed by atoms with Gasteiger partial charge in [0.25, 0.3) is 0 Å². The van der Waals surface area contributed by atoms with Crippen molar-refractivity contribution >= 4 is 23.9 Å². The first-order chi connectivity index (χ1) is 19.0. The Bertz CT molecular complexity index is 701. The summed E-state index contributed by atoms with van der Waals surface area (Å²) in [5.41, 5.74) is -0.529. The van der Waals surface area contributed by atoms with E-state index >= 15 is 0 Å². The van der Waals surface area contributed by atoms with Crippen LogP contribution in [0.1, 0.15) is 33.6 Å². The lowest BCUT2D eigenvalue weighted by molar-refractivity contribution is -0.148. The number of methoxy groups -OCH3 is 1. The maximum Gasteiger partial charge on any atom is 0.407 e. The minimum atomic E-state index is -1.35. The van der Waals surface area contributed by atoms with Crippen LogP contribution in [0.3, 0.4) is 0 Å². The number of carboxylic acid groups (broad SMARTS) is 1. The zero-order valence-electron chi connectivity index (χ0n) is 24.0. The van der Waals surface area contributed by atoms with Gasteiger partial charge in [0.1, 0.15) is 11.6 Å². The van der Waals surface area contributed by atoms with Crippen molar-refractivity contribution in [3.8, 4) is 0 Å². The summed E-state index contributed by atoms with van der Waals surface area (Å²) in [5.74, 6) is -2.60. The average molecular weight is 583 g/mol. The van der Waals surface area contributed by atoms with Crippen molar-refractivity contribution in [1.29, 1.82) is 0 Å². The molecule has 15 nitrogen and oxygen atoms in total. The third kappa shape index (κ3) is 25.7. The number of rotatable bonds is 25. The van der Waals surface area contributed by atoms with Gasteiger partial charge in [-0.05, 0) is 20.8 Å². The van der Waals surface area contributed by atoms with Crippen molar-refractivity contribution < 1.29 is 62.2 Å². The number of carboxylic acids is 1. The van der Waals surface area contributed by atoms with E-state index in [-0.39, 0.29) is 19.6 Å². The molecule has 0 bridgehead atoms. The smallest absolute Gasteiger partial charge is 0.407 e. The van der Waals surface area contributed by atoms with Gasteiger partial charge in [0.05, 0.1) is 92.8 Å². The fraction of sp³-hybridized carbons (Fsp3) is 0.840. The molecular formula is C25H46N2O13. The number of hydrogen-bond donors (Lipinski definition) is 3. The highest BCUT2D eigenvalue weighted by Gasteiger charge is 2.23. The highest BCUT2D eigenvalue weighted by atomic mass is 16.6. The van der Waals surface area contributed by atoms with E-state index in [1.54, 1.807) is 20.8 Å². The molecule has 0 aromatic carbocycles. The van der Waals surface area contributed by atoms with Crippen molar-refractivity contribution in [2.45, 2.75) is 45.3 Å². The molecule has 0 aromatic rings. The lowest BCUT2D eigenvalue weighted by Crippen LogP contribution is -2.42. The predicted octanol–water partition coefficient (Wildman–Crippen LogP) is 0.133. The summed E-state index contributed by atoms with van der Waals surface area (Å²) in [4.78, 5) is 45.5. The van der Waals surface area contributed by atoms with Gasteiger partial charge < -0.3 is 53.6 Å². The third-order valence-corrected chi connectivity index (χ3v) is 4.48. The van der Waals surface area contributed by atoms with Crippen LogP contribution >= 0.6 is 0 Å². The number of amides is 2. The van der Waals surface area contributed by atoms with Crippen LogP contribution in [0.25, 0.3) is 0 Å². The average Bonchev–Trinajstić information content (AvgIpc) is 2.87. The Hall–Kier alpha value is -2.56. The Kier molecular flexibility index (Phi) is 22.7. The number of alkyl carbamates (subject to hydrolysis) is 1. The molecule has 0 heterocycles. The number of nitrogens with one attached hydrogen (secondary N) is 2. The van der Waals surface area contributed by atoms with E-state index in [0.29, 0.717) is 72.6 Å². The van der Waals surface area contributed by atoms with Crippen LogP contribution < -0.4 is 10.6 Å². The lowest BCUT2D eigenvalue weighted by atomic mass is 10.2. The zero-order chi connectivity index (χ0) is 30.1. The highest BCUT2D eigenvalue weighted by Crippen LogP contribution is 2.06. The molecule has 1 unspecified atom stereocenters. The minimum absolute atomic E-state index is 0.0536. The van der Waals surface area contributed by atoms with Gasteiger partial charge >= 0.3 is 18.0 Å². The summed E-state index contributed by atoms with van der Waals surface area (Å²) in [6.07, 6.45) is -0.981. The molecular weight excluding hydrogens is 536 g/mol.